The van der Waals surface area contributed by atoms with E-state index in [0.717, 1.165) is 0 Å². The van der Waals surface area contributed by atoms with Crippen LogP contribution >= 0.6 is 12.9 Å². The van der Waals surface area contributed by atoms with Crippen LogP contribution in [0.3, 0.4) is 0 Å². The molecule has 0 spiro atoms. The minimum atomic E-state index is -1.99. The lowest BCUT2D eigenvalue weighted by atomic mass is 10.9. The smallest absolute Gasteiger partial charge is 0.0714 e. The molecule has 3 nitrogen and oxygen atoms in total. The van der Waals surface area contributed by atoms with E-state index < -0.39 is 11.1 Å². The van der Waals surface area contributed by atoms with Gasteiger partial charge in [0.15, 0.2) is 0 Å². The zero-order chi connectivity index (χ0) is 5.70. The average molecular weight is 141 g/mol. The van der Waals surface area contributed by atoms with E-state index in [2.05, 4.69) is 17.1 Å². The number of thiol groups is 1. The summed E-state index contributed by atoms with van der Waals surface area (Å²) in [7, 11) is 0. The SMILES string of the molecule is O=S([O-])CCOS. The molecule has 0 rings (SSSR count). The summed E-state index contributed by atoms with van der Waals surface area (Å²) in [6.45, 7) is 0.152. The van der Waals surface area contributed by atoms with E-state index in [1.54, 1.807) is 0 Å². The van der Waals surface area contributed by atoms with Crippen molar-refractivity contribution in [2.24, 2.45) is 0 Å². The summed E-state index contributed by atoms with van der Waals surface area (Å²) in [5, 5.41) is 0. The molecule has 5 heteroatoms. The van der Waals surface area contributed by atoms with Crippen molar-refractivity contribution in [2.75, 3.05) is 12.4 Å². The van der Waals surface area contributed by atoms with E-state index in [1.807, 2.05) is 0 Å². The van der Waals surface area contributed by atoms with Gasteiger partial charge in [-0.1, -0.05) is 11.1 Å². The maximum Gasteiger partial charge on any atom is 0.0714 e. The Morgan fingerprint density at radius 3 is 2.57 bits per heavy atom. The summed E-state index contributed by atoms with van der Waals surface area (Å²) in [5.74, 6) is 0.0174. The van der Waals surface area contributed by atoms with Crippen LogP contribution in [-0.2, 0) is 15.3 Å². The van der Waals surface area contributed by atoms with Crippen molar-refractivity contribution >= 4 is 24.0 Å². The lowest BCUT2D eigenvalue weighted by molar-refractivity contribution is 0.406. The van der Waals surface area contributed by atoms with Crippen LogP contribution in [0.1, 0.15) is 0 Å². The molecule has 1 atom stereocenters. The Balaban J connectivity index is 2.82. The van der Waals surface area contributed by atoms with E-state index >= 15 is 0 Å². The summed E-state index contributed by atoms with van der Waals surface area (Å²) in [4.78, 5) is 0. The third kappa shape index (κ3) is 6.42. The van der Waals surface area contributed by atoms with Crippen LogP contribution in [0, 0.1) is 0 Å². The molecule has 0 radical (unpaired) electrons. The predicted octanol–water partition coefficient (Wildman–Crippen LogP) is -0.273. The Labute approximate surface area is 50.0 Å². The fraction of sp³-hybridized carbons (Fsp3) is 1.00. The summed E-state index contributed by atoms with van der Waals surface area (Å²) in [6, 6.07) is 0. The monoisotopic (exact) mass is 141 g/mol. The van der Waals surface area contributed by atoms with Gasteiger partial charge in [0.05, 0.1) is 6.61 Å². The third-order valence-corrected chi connectivity index (χ3v) is 1.02. The van der Waals surface area contributed by atoms with Gasteiger partial charge in [0.2, 0.25) is 0 Å². The Hall–Kier alpha value is 0.420. The van der Waals surface area contributed by atoms with Crippen molar-refractivity contribution < 1.29 is 12.9 Å². The van der Waals surface area contributed by atoms with Gasteiger partial charge >= 0.3 is 0 Å². The predicted molar refractivity (Wildman–Crippen MR) is 28.7 cm³/mol. The summed E-state index contributed by atoms with van der Waals surface area (Å²) < 4.78 is 23.4. The minimum absolute atomic E-state index is 0.0174. The van der Waals surface area contributed by atoms with Gasteiger partial charge in [-0.15, -0.1) is 0 Å². The first-order valence-corrected chi connectivity index (χ1v) is 3.20. The molecule has 0 heterocycles. The van der Waals surface area contributed by atoms with Crippen LogP contribution < -0.4 is 0 Å². The molecule has 0 fully saturated rings. The largest absolute Gasteiger partial charge is 0.772 e. The number of rotatable bonds is 3. The molecule has 0 saturated heterocycles. The van der Waals surface area contributed by atoms with E-state index in [9.17, 15) is 8.76 Å². The fourth-order valence-electron chi connectivity index (χ4n) is 0.105. The first-order chi connectivity index (χ1) is 3.27. The molecule has 0 aliphatic rings. The molecule has 7 heavy (non-hydrogen) atoms. The molecule has 0 aromatic carbocycles. The molecule has 0 saturated carbocycles. The third-order valence-electron chi connectivity index (χ3n) is 0.341. The van der Waals surface area contributed by atoms with Gasteiger partial charge in [-0.2, -0.15) is 0 Å². The van der Waals surface area contributed by atoms with Gasteiger partial charge in [0, 0.05) is 5.75 Å². The molecule has 44 valence electrons. The van der Waals surface area contributed by atoms with E-state index in [-0.39, 0.29) is 12.4 Å². The quantitative estimate of drug-likeness (QED) is 0.334. The lowest BCUT2D eigenvalue weighted by Gasteiger charge is -1.99. The highest BCUT2D eigenvalue weighted by Gasteiger charge is 1.79. The molecular weight excluding hydrogens is 136 g/mol. The lowest BCUT2D eigenvalue weighted by Crippen LogP contribution is -1.99. The molecule has 0 aliphatic heterocycles. The molecule has 0 amide bonds. The van der Waals surface area contributed by atoms with Crippen LogP contribution in [0.2, 0.25) is 0 Å². The maximum absolute atomic E-state index is 9.64. The molecule has 0 aromatic rings. The normalized spacial score (nSPS) is 14.0. The van der Waals surface area contributed by atoms with Gasteiger partial charge in [-0.25, -0.2) is 0 Å². The fourth-order valence-corrected chi connectivity index (χ4v) is 0.540. The Morgan fingerprint density at radius 2 is 2.43 bits per heavy atom. The molecule has 0 bridgehead atoms. The Morgan fingerprint density at radius 1 is 1.86 bits per heavy atom. The summed E-state index contributed by atoms with van der Waals surface area (Å²) >= 11 is 1.33. The second-order valence-corrected chi connectivity index (χ2v) is 2.12. The molecule has 0 aliphatic carbocycles. The van der Waals surface area contributed by atoms with Crippen molar-refractivity contribution in [1.29, 1.82) is 0 Å². The van der Waals surface area contributed by atoms with Gasteiger partial charge in [-0.05, 0) is 12.9 Å². The van der Waals surface area contributed by atoms with Crippen molar-refractivity contribution in [3.63, 3.8) is 0 Å². The standard InChI is InChI=1S/C2H6O3S2/c3-7(4)2-1-5-6/h6H,1-2H2,(H,3,4)/p-1. The average Bonchev–Trinajstić information content (AvgIpc) is 1.61. The number of hydrogen-bond acceptors (Lipinski definition) is 4. The van der Waals surface area contributed by atoms with Gasteiger partial charge in [0.25, 0.3) is 0 Å². The Kier molecular flexibility index (Phi) is 4.85. The van der Waals surface area contributed by atoms with E-state index in [4.69, 9.17) is 0 Å². The van der Waals surface area contributed by atoms with E-state index in [1.165, 1.54) is 0 Å². The number of hydrogen-bond donors (Lipinski definition) is 1. The van der Waals surface area contributed by atoms with Crippen molar-refractivity contribution in [1.82, 2.24) is 0 Å². The first-order valence-electron chi connectivity index (χ1n) is 1.59. The van der Waals surface area contributed by atoms with Gasteiger partial charge in [0.1, 0.15) is 0 Å². The Bertz CT molecular complexity index is 64.0. The van der Waals surface area contributed by atoms with E-state index in [0.29, 0.717) is 0 Å². The second kappa shape index (κ2) is 4.58. The summed E-state index contributed by atoms with van der Waals surface area (Å²) in [5.41, 5.74) is 0. The van der Waals surface area contributed by atoms with Crippen molar-refractivity contribution in [3.05, 3.63) is 0 Å². The highest BCUT2D eigenvalue weighted by Crippen LogP contribution is 1.78. The topological polar surface area (TPSA) is 49.4 Å². The molecule has 1 unspecified atom stereocenters. The molecule has 0 aromatic heterocycles. The van der Waals surface area contributed by atoms with Crippen LogP contribution in [0.15, 0.2) is 0 Å². The zero-order valence-electron chi connectivity index (χ0n) is 3.49. The summed E-state index contributed by atoms with van der Waals surface area (Å²) in [6.07, 6.45) is 0. The maximum atomic E-state index is 9.64. The molecule has 0 N–H and O–H groups in total. The highest BCUT2D eigenvalue weighted by atomic mass is 32.2. The van der Waals surface area contributed by atoms with Crippen LogP contribution in [0.25, 0.3) is 0 Å². The van der Waals surface area contributed by atoms with Crippen molar-refractivity contribution in [3.8, 4) is 0 Å². The van der Waals surface area contributed by atoms with Crippen LogP contribution in [0.5, 0.6) is 0 Å². The molecular formula is C2H5O3S2-. The van der Waals surface area contributed by atoms with Crippen molar-refractivity contribution in [2.45, 2.75) is 0 Å². The van der Waals surface area contributed by atoms with Crippen LogP contribution in [-0.4, -0.2) is 21.1 Å². The first kappa shape index (κ1) is 7.42. The highest BCUT2D eigenvalue weighted by molar-refractivity contribution is 7.79. The van der Waals surface area contributed by atoms with Gasteiger partial charge in [-0.3, -0.25) is 4.21 Å². The van der Waals surface area contributed by atoms with Gasteiger partial charge < -0.3 is 8.74 Å². The second-order valence-electron chi connectivity index (χ2n) is 0.841. The zero-order valence-corrected chi connectivity index (χ0v) is 5.21. The minimum Gasteiger partial charge on any atom is -0.772 e. The van der Waals surface area contributed by atoms with Crippen LogP contribution in [0.4, 0.5) is 0 Å².